The van der Waals surface area contributed by atoms with E-state index in [9.17, 15) is 13.2 Å². The zero-order valence-corrected chi connectivity index (χ0v) is 11.7. The average molecular weight is 296 g/mol. The van der Waals surface area contributed by atoms with Crippen molar-refractivity contribution in [1.82, 2.24) is 14.8 Å². The Balaban J connectivity index is 2.08. The highest BCUT2D eigenvalue weighted by molar-refractivity contribution is 5.38. The van der Waals surface area contributed by atoms with Gasteiger partial charge in [-0.3, -0.25) is 0 Å². The number of nitrogens with one attached hydrogen (secondary N) is 1. The third-order valence-electron chi connectivity index (χ3n) is 3.67. The van der Waals surface area contributed by atoms with Crippen LogP contribution in [0.25, 0.3) is 0 Å². The van der Waals surface area contributed by atoms with Crippen molar-refractivity contribution < 1.29 is 13.2 Å². The molecule has 1 atom stereocenters. The Morgan fingerprint density at radius 2 is 2.05 bits per heavy atom. The third kappa shape index (κ3) is 2.48. The molecule has 0 saturated carbocycles. The molecular formula is C14H15F3N4. The van der Waals surface area contributed by atoms with Crippen LogP contribution in [0, 0.1) is 13.8 Å². The quantitative estimate of drug-likeness (QED) is 0.878. The van der Waals surface area contributed by atoms with Crippen molar-refractivity contribution >= 4 is 5.95 Å². The fourth-order valence-corrected chi connectivity index (χ4v) is 2.63. The van der Waals surface area contributed by atoms with Crippen molar-refractivity contribution in [2.24, 2.45) is 0 Å². The number of aryl methyl sites for hydroxylation is 2. The van der Waals surface area contributed by atoms with Crippen LogP contribution in [0.3, 0.4) is 0 Å². The van der Waals surface area contributed by atoms with Gasteiger partial charge in [0.15, 0.2) is 0 Å². The molecule has 112 valence electrons. The highest BCUT2D eigenvalue weighted by Crippen LogP contribution is 2.34. The van der Waals surface area contributed by atoms with Crippen LogP contribution in [-0.2, 0) is 6.18 Å². The van der Waals surface area contributed by atoms with Crippen LogP contribution in [-0.4, -0.2) is 21.3 Å². The Hall–Kier alpha value is -2.05. The topological polar surface area (TPSA) is 42.7 Å². The van der Waals surface area contributed by atoms with Gasteiger partial charge in [0.25, 0.3) is 5.82 Å². The molecule has 1 aromatic carbocycles. The number of rotatable bonds is 1. The molecule has 3 rings (SSSR count). The summed E-state index contributed by atoms with van der Waals surface area (Å²) in [4.78, 5) is 3.57. The number of aromatic nitrogens is 3. The summed E-state index contributed by atoms with van der Waals surface area (Å²) in [5.41, 5.74) is 3.12. The molecule has 1 unspecified atom stereocenters. The van der Waals surface area contributed by atoms with E-state index in [1.165, 1.54) is 4.68 Å². The fraction of sp³-hybridized carbons (Fsp3) is 0.429. The molecule has 0 radical (unpaired) electrons. The first-order valence-corrected chi connectivity index (χ1v) is 6.71. The maximum Gasteiger partial charge on any atom is 0.453 e. The van der Waals surface area contributed by atoms with Gasteiger partial charge >= 0.3 is 6.18 Å². The summed E-state index contributed by atoms with van der Waals surface area (Å²) in [5.74, 6) is -0.915. The van der Waals surface area contributed by atoms with E-state index in [0.29, 0.717) is 13.0 Å². The lowest BCUT2D eigenvalue weighted by molar-refractivity contribution is -0.145. The van der Waals surface area contributed by atoms with Crippen LogP contribution >= 0.6 is 0 Å². The van der Waals surface area contributed by atoms with Crippen LogP contribution in [0.5, 0.6) is 0 Å². The number of alkyl halides is 3. The summed E-state index contributed by atoms with van der Waals surface area (Å²) in [7, 11) is 0. The molecule has 1 aliphatic heterocycles. The summed E-state index contributed by atoms with van der Waals surface area (Å²) in [5, 5.41) is 6.55. The van der Waals surface area contributed by atoms with Gasteiger partial charge in [-0.15, -0.1) is 5.10 Å². The molecule has 4 nitrogen and oxygen atoms in total. The Bertz CT molecular complexity index is 675. The van der Waals surface area contributed by atoms with Crippen LogP contribution in [0.2, 0.25) is 0 Å². The number of nitrogens with zero attached hydrogens (tertiary/aromatic N) is 3. The molecule has 0 amide bonds. The lowest BCUT2D eigenvalue weighted by Crippen LogP contribution is -2.25. The Morgan fingerprint density at radius 1 is 1.29 bits per heavy atom. The number of hydrogen-bond acceptors (Lipinski definition) is 3. The molecule has 0 bridgehead atoms. The monoisotopic (exact) mass is 296 g/mol. The average Bonchev–Trinajstić information content (AvgIpc) is 2.85. The highest BCUT2D eigenvalue weighted by Gasteiger charge is 2.39. The minimum Gasteiger partial charge on any atom is -0.354 e. The molecule has 7 heteroatoms. The zero-order valence-electron chi connectivity index (χ0n) is 11.7. The smallest absolute Gasteiger partial charge is 0.354 e. The van der Waals surface area contributed by atoms with Crippen molar-refractivity contribution in [2.75, 3.05) is 11.9 Å². The fourth-order valence-electron chi connectivity index (χ4n) is 2.63. The molecule has 0 aliphatic carbocycles. The first kappa shape index (κ1) is 13.9. The van der Waals surface area contributed by atoms with Gasteiger partial charge < -0.3 is 5.32 Å². The van der Waals surface area contributed by atoms with Gasteiger partial charge in [-0.1, -0.05) is 23.8 Å². The highest BCUT2D eigenvalue weighted by atomic mass is 19.4. The SMILES string of the molecule is Cc1ccc(C)c(C2CCNc3nc(C(F)(F)F)nn32)c1. The number of fused-ring (bicyclic) bond motifs is 1. The largest absolute Gasteiger partial charge is 0.453 e. The van der Waals surface area contributed by atoms with E-state index < -0.39 is 12.0 Å². The molecule has 2 aromatic rings. The van der Waals surface area contributed by atoms with Crippen LogP contribution in [0.4, 0.5) is 19.1 Å². The van der Waals surface area contributed by atoms with Crippen molar-refractivity contribution in [1.29, 1.82) is 0 Å². The predicted octanol–water partition coefficient (Wildman–Crippen LogP) is 3.32. The summed E-state index contributed by atoms with van der Waals surface area (Å²) in [6, 6.07) is 5.76. The predicted molar refractivity (Wildman–Crippen MR) is 72.2 cm³/mol. The van der Waals surface area contributed by atoms with E-state index in [0.717, 1.165) is 16.7 Å². The standard InChI is InChI=1S/C14H15F3N4/c1-8-3-4-9(2)10(7-8)11-5-6-18-13-19-12(14(15,16)17)20-21(11)13/h3-4,7,11H,5-6H2,1-2H3,(H,18,19,20). The Kier molecular flexibility index (Phi) is 3.15. The minimum atomic E-state index is -4.53. The molecule has 1 aromatic heterocycles. The zero-order chi connectivity index (χ0) is 15.2. The molecule has 21 heavy (non-hydrogen) atoms. The number of halogens is 3. The van der Waals surface area contributed by atoms with Gasteiger partial charge in [-0.25, -0.2) is 4.68 Å². The van der Waals surface area contributed by atoms with E-state index in [4.69, 9.17) is 0 Å². The molecule has 0 fully saturated rings. The molecular weight excluding hydrogens is 281 g/mol. The van der Waals surface area contributed by atoms with E-state index in [1.54, 1.807) is 0 Å². The van der Waals surface area contributed by atoms with Crippen molar-refractivity contribution in [3.8, 4) is 0 Å². The molecule has 0 spiro atoms. The third-order valence-corrected chi connectivity index (χ3v) is 3.67. The Labute approximate surface area is 120 Å². The first-order valence-electron chi connectivity index (χ1n) is 6.71. The van der Waals surface area contributed by atoms with E-state index in [2.05, 4.69) is 15.4 Å². The van der Waals surface area contributed by atoms with Gasteiger partial charge in [0.2, 0.25) is 5.95 Å². The maximum absolute atomic E-state index is 12.8. The van der Waals surface area contributed by atoms with Gasteiger partial charge in [-0.05, 0) is 31.4 Å². The lowest BCUT2D eigenvalue weighted by Gasteiger charge is -2.26. The second-order valence-electron chi connectivity index (χ2n) is 5.29. The molecule has 0 saturated heterocycles. The van der Waals surface area contributed by atoms with Crippen molar-refractivity contribution in [3.63, 3.8) is 0 Å². The Morgan fingerprint density at radius 3 is 2.76 bits per heavy atom. The minimum absolute atomic E-state index is 0.180. The van der Waals surface area contributed by atoms with E-state index >= 15 is 0 Å². The normalized spacial score (nSPS) is 18.2. The van der Waals surface area contributed by atoms with Crippen LogP contribution in [0.15, 0.2) is 18.2 Å². The second kappa shape index (κ2) is 4.75. The van der Waals surface area contributed by atoms with Crippen LogP contribution in [0.1, 0.15) is 35.0 Å². The van der Waals surface area contributed by atoms with Gasteiger partial charge in [0.05, 0.1) is 6.04 Å². The van der Waals surface area contributed by atoms with Crippen molar-refractivity contribution in [2.45, 2.75) is 32.5 Å². The van der Waals surface area contributed by atoms with Crippen molar-refractivity contribution in [3.05, 3.63) is 40.7 Å². The molecule has 1 N–H and O–H groups in total. The van der Waals surface area contributed by atoms with E-state index in [-0.39, 0.29) is 12.0 Å². The summed E-state index contributed by atoms with van der Waals surface area (Å²) < 4.78 is 39.7. The summed E-state index contributed by atoms with van der Waals surface area (Å²) in [6.07, 6.45) is -3.85. The van der Waals surface area contributed by atoms with Gasteiger partial charge in [0, 0.05) is 6.54 Å². The van der Waals surface area contributed by atoms with Crippen LogP contribution < -0.4 is 5.32 Å². The number of benzene rings is 1. The second-order valence-corrected chi connectivity index (χ2v) is 5.29. The number of anilines is 1. The summed E-state index contributed by atoms with van der Waals surface area (Å²) in [6.45, 7) is 4.50. The molecule has 2 heterocycles. The van der Waals surface area contributed by atoms with E-state index in [1.807, 2.05) is 32.0 Å². The molecule has 1 aliphatic rings. The van der Waals surface area contributed by atoms with Gasteiger partial charge in [-0.2, -0.15) is 18.2 Å². The lowest BCUT2D eigenvalue weighted by atomic mass is 9.96. The van der Waals surface area contributed by atoms with Gasteiger partial charge in [0.1, 0.15) is 0 Å². The maximum atomic E-state index is 12.8. The summed E-state index contributed by atoms with van der Waals surface area (Å²) >= 11 is 0. The number of hydrogen-bond donors (Lipinski definition) is 1. The first-order chi connectivity index (χ1) is 9.86.